The molecule has 0 aromatic heterocycles. The van der Waals surface area contributed by atoms with Crippen LogP contribution in [0.3, 0.4) is 0 Å². The summed E-state index contributed by atoms with van der Waals surface area (Å²) in [6.45, 7) is 2.18. The van der Waals surface area contributed by atoms with Crippen molar-refractivity contribution in [1.82, 2.24) is 14.7 Å². The molecule has 0 aliphatic carbocycles. The Bertz CT molecular complexity index is 1060. The van der Waals surface area contributed by atoms with E-state index in [-0.39, 0.29) is 16.7 Å². The van der Waals surface area contributed by atoms with Gasteiger partial charge in [0.1, 0.15) is 5.75 Å². The predicted molar refractivity (Wildman–Crippen MR) is 121 cm³/mol. The fourth-order valence-corrected chi connectivity index (χ4v) is 4.49. The standard InChI is InChI=1S/C22H28N4O5S/c1-24(2)16-21(27)25-12-14-26(15-13-25)22(28)17-8-10-18(11-9-17)32(29,30)23-19-6-4-5-7-20(19)31-3/h4-11,23H,12-16H2,1-3H3. The van der Waals surface area contributed by atoms with Gasteiger partial charge in [0.25, 0.3) is 15.9 Å². The Balaban J connectivity index is 1.64. The highest BCUT2D eigenvalue weighted by Gasteiger charge is 2.25. The molecule has 1 aliphatic heterocycles. The van der Waals surface area contributed by atoms with Crippen molar-refractivity contribution in [2.45, 2.75) is 4.90 Å². The topological polar surface area (TPSA) is 99.3 Å². The quantitative estimate of drug-likeness (QED) is 0.670. The van der Waals surface area contributed by atoms with Gasteiger partial charge in [-0.15, -0.1) is 0 Å². The predicted octanol–water partition coefficient (Wildman–Crippen LogP) is 1.34. The first-order chi connectivity index (χ1) is 15.2. The van der Waals surface area contributed by atoms with Crippen LogP contribution in [0.25, 0.3) is 0 Å². The molecule has 1 heterocycles. The third-order valence-corrected chi connectivity index (χ3v) is 6.52. The highest BCUT2D eigenvalue weighted by atomic mass is 32.2. The molecule has 2 amide bonds. The van der Waals surface area contributed by atoms with Gasteiger partial charge in [0.05, 0.1) is 24.2 Å². The first-order valence-corrected chi connectivity index (χ1v) is 11.7. The lowest BCUT2D eigenvalue weighted by atomic mass is 10.2. The molecule has 10 heteroatoms. The molecule has 1 aliphatic rings. The van der Waals surface area contributed by atoms with Crippen LogP contribution in [0.1, 0.15) is 10.4 Å². The van der Waals surface area contributed by atoms with Crippen LogP contribution in [0.5, 0.6) is 5.75 Å². The number of anilines is 1. The number of nitrogens with one attached hydrogen (secondary N) is 1. The number of likely N-dealkylation sites (N-methyl/N-ethyl adjacent to an activating group) is 1. The number of rotatable bonds is 7. The van der Waals surface area contributed by atoms with E-state index in [2.05, 4.69) is 4.72 Å². The Kier molecular flexibility index (Phi) is 7.37. The molecule has 2 aromatic carbocycles. The lowest BCUT2D eigenvalue weighted by molar-refractivity contribution is -0.133. The Morgan fingerprint density at radius 1 is 0.969 bits per heavy atom. The maximum atomic E-state index is 12.8. The molecule has 1 N–H and O–H groups in total. The SMILES string of the molecule is COc1ccccc1NS(=O)(=O)c1ccc(C(=O)N2CCN(C(=O)CN(C)C)CC2)cc1. The van der Waals surface area contributed by atoms with Crippen LogP contribution >= 0.6 is 0 Å². The molecule has 0 atom stereocenters. The Labute approximate surface area is 188 Å². The van der Waals surface area contributed by atoms with E-state index in [0.29, 0.717) is 49.7 Å². The third-order valence-electron chi connectivity index (χ3n) is 5.13. The smallest absolute Gasteiger partial charge is 0.262 e. The average molecular weight is 461 g/mol. The van der Waals surface area contributed by atoms with Crippen LogP contribution in [0, 0.1) is 0 Å². The van der Waals surface area contributed by atoms with Crippen LogP contribution in [-0.4, -0.2) is 88.9 Å². The average Bonchev–Trinajstić information content (AvgIpc) is 2.78. The molecule has 3 rings (SSSR count). The molecular formula is C22H28N4O5S. The Hall–Kier alpha value is -3.11. The van der Waals surface area contributed by atoms with E-state index in [1.54, 1.807) is 34.1 Å². The Morgan fingerprint density at radius 2 is 1.56 bits per heavy atom. The van der Waals surface area contributed by atoms with Crippen molar-refractivity contribution in [2.24, 2.45) is 0 Å². The summed E-state index contributed by atoms with van der Waals surface area (Å²) in [5.41, 5.74) is 0.728. The van der Waals surface area contributed by atoms with Gasteiger partial charge in [-0.1, -0.05) is 12.1 Å². The van der Waals surface area contributed by atoms with E-state index in [1.807, 2.05) is 19.0 Å². The van der Waals surface area contributed by atoms with Crippen molar-refractivity contribution >= 4 is 27.5 Å². The fourth-order valence-electron chi connectivity index (χ4n) is 3.42. The van der Waals surface area contributed by atoms with E-state index in [1.165, 1.54) is 31.4 Å². The van der Waals surface area contributed by atoms with E-state index in [4.69, 9.17) is 4.74 Å². The molecule has 32 heavy (non-hydrogen) atoms. The van der Waals surface area contributed by atoms with Gasteiger partial charge in [0.2, 0.25) is 5.91 Å². The Morgan fingerprint density at radius 3 is 2.16 bits per heavy atom. The molecule has 2 aromatic rings. The van der Waals surface area contributed by atoms with Gasteiger partial charge < -0.3 is 19.4 Å². The van der Waals surface area contributed by atoms with Crippen molar-refractivity contribution in [3.63, 3.8) is 0 Å². The molecule has 1 saturated heterocycles. The number of hydrogen-bond donors (Lipinski definition) is 1. The number of carbonyl (C=O) groups is 2. The number of piperazine rings is 1. The second-order valence-electron chi connectivity index (χ2n) is 7.74. The number of nitrogens with zero attached hydrogens (tertiary/aromatic N) is 3. The molecule has 172 valence electrons. The molecule has 0 bridgehead atoms. The number of sulfonamides is 1. The van der Waals surface area contributed by atoms with Gasteiger partial charge in [-0.25, -0.2) is 8.42 Å². The molecule has 0 unspecified atom stereocenters. The second-order valence-corrected chi connectivity index (χ2v) is 9.42. The van der Waals surface area contributed by atoms with E-state index < -0.39 is 10.0 Å². The first-order valence-electron chi connectivity index (χ1n) is 10.2. The zero-order valence-corrected chi connectivity index (χ0v) is 19.3. The summed E-state index contributed by atoms with van der Waals surface area (Å²) < 4.78 is 33.1. The fraction of sp³-hybridized carbons (Fsp3) is 0.364. The normalized spacial score (nSPS) is 14.4. The van der Waals surface area contributed by atoms with Crippen LogP contribution in [-0.2, 0) is 14.8 Å². The summed E-state index contributed by atoms with van der Waals surface area (Å²) in [7, 11) is 1.30. The monoisotopic (exact) mass is 460 g/mol. The number of carbonyl (C=O) groups excluding carboxylic acids is 2. The molecule has 0 spiro atoms. The number of benzene rings is 2. The zero-order chi connectivity index (χ0) is 23.3. The minimum absolute atomic E-state index is 0.0408. The molecular weight excluding hydrogens is 432 g/mol. The van der Waals surface area contributed by atoms with Crippen LogP contribution in [0.4, 0.5) is 5.69 Å². The summed E-state index contributed by atoms with van der Waals surface area (Å²) in [6.07, 6.45) is 0. The van der Waals surface area contributed by atoms with Gasteiger partial charge in [-0.05, 0) is 50.5 Å². The van der Waals surface area contributed by atoms with E-state index >= 15 is 0 Å². The molecule has 9 nitrogen and oxygen atoms in total. The van der Waals surface area contributed by atoms with Crippen molar-refractivity contribution in [3.8, 4) is 5.75 Å². The first kappa shape index (κ1) is 23.6. The highest BCUT2D eigenvalue weighted by Crippen LogP contribution is 2.26. The van der Waals surface area contributed by atoms with Gasteiger partial charge in [0.15, 0.2) is 0 Å². The summed E-state index contributed by atoms with van der Waals surface area (Å²) >= 11 is 0. The van der Waals surface area contributed by atoms with Gasteiger partial charge in [-0.3, -0.25) is 14.3 Å². The van der Waals surface area contributed by atoms with Crippen LogP contribution < -0.4 is 9.46 Å². The summed E-state index contributed by atoms with van der Waals surface area (Å²) in [6, 6.07) is 12.5. The number of ether oxygens (including phenoxy) is 1. The number of amides is 2. The van der Waals surface area contributed by atoms with Gasteiger partial charge in [-0.2, -0.15) is 0 Å². The molecule has 0 saturated carbocycles. The van der Waals surface area contributed by atoms with E-state index in [9.17, 15) is 18.0 Å². The van der Waals surface area contributed by atoms with Crippen molar-refractivity contribution in [1.29, 1.82) is 0 Å². The maximum Gasteiger partial charge on any atom is 0.262 e. The summed E-state index contributed by atoms with van der Waals surface area (Å²) in [4.78, 5) is 30.3. The maximum absolute atomic E-state index is 12.8. The number of para-hydroxylation sites is 2. The van der Waals surface area contributed by atoms with Crippen molar-refractivity contribution < 1.29 is 22.7 Å². The van der Waals surface area contributed by atoms with E-state index in [0.717, 1.165) is 0 Å². The van der Waals surface area contributed by atoms with Crippen LogP contribution in [0.15, 0.2) is 53.4 Å². The summed E-state index contributed by atoms with van der Waals surface area (Å²) in [5, 5.41) is 0. The lowest BCUT2D eigenvalue weighted by Gasteiger charge is -2.35. The molecule has 0 radical (unpaired) electrons. The zero-order valence-electron chi connectivity index (χ0n) is 18.4. The second kappa shape index (κ2) is 10.0. The minimum Gasteiger partial charge on any atom is -0.495 e. The van der Waals surface area contributed by atoms with Crippen LogP contribution in [0.2, 0.25) is 0 Å². The van der Waals surface area contributed by atoms with Crippen molar-refractivity contribution in [3.05, 3.63) is 54.1 Å². The number of methoxy groups -OCH3 is 1. The largest absolute Gasteiger partial charge is 0.495 e. The van der Waals surface area contributed by atoms with Crippen molar-refractivity contribution in [2.75, 3.05) is 58.7 Å². The third kappa shape index (κ3) is 5.57. The van der Waals surface area contributed by atoms with Gasteiger partial charge >= 0.3 is 0 Å². The molecule has 1 fully saturated rings. The lowest BCUT2D eigenvalue weighted by Crippen LogP contribution is -2.52. The number of hydrogen-bond acceptors (Lipinski definition) is 6. The minimum atomic E-state index is -3.84. The van der Waals surface area contributed by atoms with Gasteiger partial charge in [0, 0.05) is 31.7 Å². The summed E-state index contributed by atoms with van der Waals surface area (Å²) in [5.74, 6) is 0.261. The highest BCUT2D eigenvalue weighted by molar-refractivity contribution is 7.92.